The second-order valence-electron chi connectivity index (χ2n) is 6.59. The number of hydrogen-bond acceptors (Lipinski definition) is 5. The van der Waals surface area contributed by atoms with E-state index in [1.165, 1.54) is 16.4 Å². The zero-order chi connectivity index (χ0) is 19.6. The van der Waals surface area contributed by atoms with Crippen molar-refractivity contribution < 1.29 is 12.8 Å². The molecule has 0 bridgehead atoms. The van der Waals surface area contributed by atoms with E-state index in [-0.39, 0.29) is 11.4 Å². The van der Waals surface area contributed by atoms with Gasteiger partial charge in [-0.2, -0.15) is 9.57 Å². The van der Waals surface area contributed by atoms with Crippen molar-refractivity contribution in [2.75, 3.05) is 31.1 Å². The molecule has 1 aromatic carbocycles. The quantitative estimate of drug-likeness (QED) is 0.808. The maximum atomic E-state index is 13.1. The summed E-state index contributed by atoms with van der Waals surface area (Å²) in [5.41, 5.74) is 2.21. The Kier molecular flexibility index (Phi) is 5.44. The Bertz CT molecular complexity index is 984. The highest BCUT2D eigenvalue weighted by atomic mass is 32.2. The van der Waals surface area contributed by atoms with Gasteiger partial charge < -0.3 is 4.90 Å². The number of aryl methyl sites for hydroxylation is 2. The average molecular weight is 388 g/mol. The predicted octanol–water partition coefficient (Wildman–Crippen LogP) is 2.61. The van der Waals surface area contributed by atoms with Gasteiger partial charge in [0.15, 0.2) is 0 Å². The zero-order valence-electron chi connectivity index (χ0n) is 15.3. The molecule has 0 unspecified atom stereocenters. The Morgan fingerprint density at radius 2 is 1.81 bits per heavy atom. The molecule has 3 rings (SSSR count). The summed E-state index contributed by atoms with van der Waals surface area (Å²) < 4.78 is 40.2. The number of halogens is 1. The highest BCUT2D eigenvalue weighted by molar-refractivity contribution is 7.89. The number of rotatable bonds is 3. The number of hydrogen-bond donors (Lipinski definition) is 0. The highest BCUT2D eigenvalue weighted by Gasteiger charge is 2.28. The SMILES string of the molecule is Cc1cc(C)c(C#N)c(N2CCCN(S(=O)(=O)c3ccc(F)cc3)CC2)n1. The number of pyridine rings is 1. The van der Waals surface area contributed by atoms with Gasteiger partial charge >= 0.3 is 0 Å². The number of sulfonamides is 1. The van der Waals surface area contributed by atoms with Crippen LogP contribution < -0.4 is 4.90 Å². The van der Waals surface area contributed by atoms with Crippen LogP contribution in [0.3, 0.4) is 0 Å². The van der Waals surface area contributed by atoms with Crippen molar-refractivity contribution in [3.63, 3.8) is 0 Å². The monoisotopic (exact) mass is 388 g/mol. The van der Waals surface area contributed by atoms with E-state index in [2.05, 4.69) is 11.1 Å². The predicted molar refractivity (Wildman–Crippen MR) is 100 cm³/mol. The minimum atomic E-state index is -3.69. The first-order valence-electron chi connectivity index (χ1n) is 8.72. The highest BCUT2D eigenvalue weighted by Crippen LogP contribution is 2.24. The molecule has 0 amide bonds. The fourth-order valence-corrected chi connectivity index (χ4v) is 4.76. The maximum absolute atomic E-state index is 13.1. The van der Waals surface area contributed by atoms with Crippen LogP contribution in [0.15, 0.2) is 35.2 Å². The van der Waals surface area contributed by atoms with Crippen molar-refractivity contribution in [3.8, 4) is 6.07 Å². The third kappa shape index (κ3) is 3.94. The van der Waals surface area contributed by atoms with Gasteiger partial charge in [-0.25, -0.2) is 17.8 Å². The lowest BCUT2D eigenvalue weighted by molar-refractivity contribution is 0.433. The maximum Gasteiger partial charge on any atom is 0.243 e. The first-order valence-corrected chi connectivity index (χ1v) is 10.2. The molecule has 0 radical (unpaired) electrons. The zero-order valence-corrected chi connectivity index (χ0v) is 16.1. The van der Waals surface area contributed by atoms with Crippen LogP contribution in [0.4, 0.5) is 10.2 Å². The van der Waals surface area contributed by atoms with Crippen LogP contribution in [-0.2, 0) is 10.0 Å². The van der Waals surface area contributed by atoms with Crippen molar-refractivity contribution in [1.29, 1.82) is 5.26 Å². The van der Waals surface area contributed by atoms with Gasteiger partial charge in [-0.15, -0.1) is 0 Å². The van der Waals surface area contributed by atoms with Crippen LogP contribution >= 0.6 is 0 Å². The van der Waals surface area contributed by atoms with E-state index in [1.54, 1.807) is 0 Å². The molecular weight excluding hydrogens is 367 g/mol. The fourth-order valence-electron chi connectivity index (χ4n) is 3.29. The van der Waals surface area contributed by atoms with E-state index in [1.807, 2.05) is 24.8 Å². The van der Waals surface area contributed by atoms with Crippen LogP contribution in [0.5, 0.6) is 0 Å². The number of nitrogens with zero attached hydrogens (tertiary/aromatic N) is 4. The molecule has 2 aromatic rings. The average Bonchev–Trinajstić information content (AvgIpc) is 2.88. The van der Waals surface area contributed by atoms with Gasteiger partial charge in [-0.1, -0.05) is 0 Å². The van der Waals surface area contributed by atoms with Crippen molar-refractivity contribution in [3.05, 3.63) is 53.0 Å². The summed E-state index contributed by atoms with van der Waals surface area (Å²) in [6.45, 7) is 5.44. The van der Waals surface area contributed by atoms with E-state index >= 15 is 0 Å². The van der Waals surface area contributed by atoms with Gasteiger partial charge in [-0.05, 0) is 56.2 Å². The van der Waals surface area contributed by atoms with Crippen molar-refractivity contribution in [2.24, 2.45) is 0 Å². The summed E-state index contributed by atoms with van der Waals surface area (Å²) in [5, 5.41) is 9.49. The number of nitriles is 1. The summed E-state index contributed by atoms with van der Waals surface area (Å²) in [4.78, 5) is 6.57. The van der Waals surface area contributed by atoms with Gasteiger partial charge in [0.2, 0.25) is 10.0 Å². The Balaban J connectivity index is 1.84. The van der Waals surface area contributed by atoms with Crippen molar-refractivity contribution in [1.82, 2.24) is 9.29 Å². The van der Waals surface area contributed by atoms with Crippen LogP contribution in [0.2, 0.25) is 0 Å². The van der Waals surface area contributed by atoms with E-state index in [0.717, 1.165) is 23.4 Å². The molecule has 1 aromatic heterocycles. The molecule has 8 heteroatoms. The molecule has 2 heterocycles. The van der Waals surface area contributed by atoms with Crippen LogP contribution in [0.25, 0.3) is 0 Å². The lowest BCUT2D eigenvalue weighted by atomic mass is 10.1. The number of anilines is 1. The summed E-state index contributed by atoms with van der Waals surface area (Å²) in [6, 6.07) is 8.94. The van der Waals surface area contributed by atoms with E-state index < -0.39 is 15.8 Å². The van der Waals surface area contributed by atoms with Gasteiger partial charge in [0, 0.05) is 31.9 Å². The van der Waals surface area contributed by atoms with Crippen LogP contribution in [0, 0.1) is 31.0 Å². The summed E-state index contributed by atoms with van der Waals surface area (Å²) >= 11 is 0. The van der Waals surface area contributed by atoms with Gasteiger partial charge in [0.25, 0.3) is 0 Å². The fraction of sp³-hybridized carbons (Fsp3) is 0.368. The summed E-state index contributed by atoms with van der Waals surface area (Å²) in [7, 11) is -3.69. The third-order valence-electron chi connectivity index (χ3n) is 4.64. The molecule has 0 atom stereocenters. The molecule has 142 valence electrons. The van der Waals surface area contributed by atoms with E-state index in [4.69, 9.17) is 0 Å². The second kappa shape index (κ2) is 7.62. The molecule has 1 aliphatic rings. The van der Waals surface area contributed by atoms with Crippen molar-refractivity contribution >= 4 is 15.8 Å². The van der Waals surface area contributed by atoms with Crippen LogP contribution in [0.1, 0.15) is 23.2 Å². The molecular formula is C19H21FN4O2S. The molecule has 0 spiro atoms. The Hall–Kier alpha value is -2.50. The molecule has 6 nitrogen and oxygen atoms in total. The largest absolute Gasteiger partial charge is 0.354 e. The van der Waals surface area contributed by atoms with E-state index in [0.29, 0.717) is 37.4 Å². The lowest BCUT2D eigenvalue weighted by Gasteiger charge is -2.24. The lowest BCUT2D eigenvalue weighted by Crippen LogP contribution is -2.35. The standard InChI is InChI=1S/C19H21FN4O2S/c1-14-12-15(2)22-19(18(14)13-21)23-8-3-9-24(11-10-23)27(25,26)17-6-4-16(20)5-7-17/h4-7,12H,3,8-11H2,1-2H3. The molecule has 0 N–H and O–H groups in total. The van der Waals surface area contributed by atoms with Gasteiger partial charge in [-0.3, -0.25) is 0 Å². The molecule has 1 saturated heterocycles. The summed E-state index contributed by atoms with van der Waals surface area (Å²) in [6.07, 6.45) is 0.611. The molecule has 1 aliphatic heterocycles. The van der Waals surface area contributed by atoms with Gasteiger partial charge in [0.1, 0.15) is 17.7 Å². The third-order valence-corrected chi connectivity index (χ3v) is 6.56. The molecule has 27 heavy (non-hydrogen) atoms. The smallest absolute Gasteiger partial charge is 0.243 e. The molecule has 1 fully saturated rings. The summed E-state index contributed by atoms with van der Waals surface area (Å²) in [5.74, 6) is 0.136. The first kappa shape index (κ1) is 19.3. The van der Waals surface area contributed by atoms with E-state index in [9.17, 15) is 18.1 Å². The van der Waals surface area contributed by atoms with Crippen LogP contribution in [-0.4, -0.2) is 43.9 Å². The number of benzene rings is 1. The second-order valence-corrected chi connectivity index (χ2v) is 8.53. The number of aromatic nitrogens is 1. The Morgan fingerprint density at radius 3 is 2.48 bits per heavy atom. The Labute approximate surface area is 158 Å². The first-order chi connectivity index (χ1) is 12.8. The van der Waals surface area contributed by atoms with Gasteiger partial charge in [0.05, 0.1) is 10.5 Å². The molecule has 0 saturated carbocycles. The topological polar surface area (TPSA) is 77.3 Å². The molecule has 0 aliphatic carbocycles. The van der Waals surface area contributed by atoms with Crippen molar-refractivity contribution in [2.45, 2.75) is 25.2 Å². The minimum absolute atomic E-state index is 0.0830. The Morgan fingerprint density at radius 1 is 1.11 bits per heavy atom. The normalized spacial score (nSPS) is 16.0. The minimum Gasteiger partial charge on any atom is -0.354 e.